The minimum atomic E-state index is -4.64. The van der Waals surface area contributed by atoms with E-state index in [0.29, 0.717) is 17.4 Å². The van der Waals surface area contributed by atoms with Gasteiger partial charge in [0, 0.05) is 12.8 Å². The second kappa shape index (κ2) is 66.9. The minimum absolute atomic E-state index is 0.0299. The summed E-state index contributed by atoms with van der Waals surface area (Å²) in [7, 11) is 1.18. The van der Waals surface area contributed by atoms with Gasteiger partial charge in [-0.2, -0.15) is 0 Å². The Labute approximate surface area is 533 Å². The van der Waals surface area contributed by atoms with Crippen molar-refractivity contribution in [2.75, 3.05) is 47.5 Å². The summed E-state index contributed by atoms with van der Waals surface area (Å²) in [6.45, 7) is 4.17. The van der Waals surface area contributed by atoms with Crippen molar-refractivity contribution in [2.45, 2.75) is 354 Å². The lowest BCUT2D eigenvalue weighted by Crippen LogP contribution is -2.37. The van der Waals surface area contributed by atoms with Gasteiger partial charge in [0.25, 0.3) is 7.82 Å². The van der Waals surface area contributed by atoms with E-state index in [2.05, 4.69) is 86.8 Å². The number of allylic oxidation sites excluding steroid dienone is 12. The van der Waals surface area contributed by atoms with Gasteiger partial charge < -0.3 is 27.9 Å². The highest BCUT2D eigenvalue weighted by atomic mass is 31.2. The van der Waals surface area contributed by atoms with Crippen LogP contribution in [0.25, 0.3) is 0 Å². The standard InChI is InChI=1S/C76H140NO8P/c1-6-8-10-12-14-16-18-20-22-24-26-28-30-32-34-35-36-37-38-39-40-41-43-45-47-49-51-53-55-57-59-61-63-65-67-69-76(79)85-74(73-84-86(80,81)83-71-70-77(3,4)5)72-82-75(78)68-66-64-62-60-58-56-54-52-50-48-46-44-42-33-31-29-27-25-23-21-19-17-15-13-11-9-7-2/h8,10,14,16,19-22,25-28,74H,6-7,9,11-13,15,17-18,23-24,29-73H2,1-5H3/b10-8-,16-14-,21-19-,22-20-,27-25-,28-26-. The van der Waals surface area contributed by atoms with Crippen LogP contribution in [0, 0.1) is 0 Å². The Morgan fingerprint density at radius 3 is 0.988 bits per heavy atom. The Hall–Kier alpha value is -2.55. The summed E-state index contributed by atoms with van der Waals surface area (Å²) in [6, 6.07) is 0. The number of phosphoric acid groups is 1. The Bertz CT molecular complexity index is 1680. The second-order valence-electron chi connectivity index (χ2n) is 25.9. The van der Waals surface area contributed by atoms with Crippen LogP contribution in [0.3, 0.4) is 0 Å². The first-order valence-electron chi connectivity index (χ1n) is 36.6. The molecule has 0 amide bonds. The summed E-state index contributed by atoms with van der Waals surface area (Å²) < 4.78 is 34.4. The smallest absolute Gasteiger partial charge is 0.306 e. The number of likely N-dealkylation sites (N-methyl/N-ethyl adjacent to an activating group) is 1. The third-order valence-electron chi connectivity index (χ3n) is 16.2. The molecule has 0 aliphatic rings. The van der Waals surface area contributed by atoms with Gasteiger partial charge in [-0.05, 0) is 83.5 Å². The van der Waals surface area contributed by atoms with Gasteiger partial charge in [0.1, 0.15) is 19.8 Å². The topological polar surface area (TPSA) is 111 Å². The number of nitrogens with zero attached hydrogens (tertiary/aromatic N) is 1. The minimum Gasteiger partial charge on any atom is -0.756 e. The molecule has 0 aromatic rings. The molecule has 0 N–H and O–H groups in total. The molecule has 0 aromatic carbocycles. The molecule has 0 aliphatic carbocycles. The summed E-state index contributed by atoms with van der Waals surface area (Å²) in [5, 5.41) is 0. The van der Waals surface area contributed by atoms with Gasteiger partial charge in [-0.15, -0.1) is 0 Å². The molecular formula is C76H140NO8P. The number of carbonyl (C=O) groups excluding carboxylic acids is 2. The number of ether oxygens (including phenoxy) is 2. The largest absolute Gasteiger partial charge is 0.756 e. The Morgan fingerprint density at radius 1 is 0.372 bits per heavy atom. The predicted molar refractivity (Wildman–Crippen MR) is 370 cm³/mol. The molecular weight excluding hydrogens is 1090 g/mol. The number of unbranched alkanes of at least 4 members (excludes halogenated alkanes) is 42. The van der Waals surface area contributed by atoms with Crippen LogP contribution in [-0.2, 0) is 32.7 Å². The summed E-state index contributed by atoms with van der Waals surface area (Å²) >= 11 is 0. The van der Waals surface area contributed by atoms with Crippen LogP contribution >= 0.6 is 7.82 Å². The highest BCUT2D eigenvalue weighted by molar-refractivity contribution is 7.45. The lowest BCUT2D eigenvalue weighted by atomic mass is 10.0. The van der Waals surface area contributed by atoms with Crippen molar-refractivity contribution >= 4 is 19.8 Å². The fraction of sp³-hybridized carbons (Fsp3) is 0.816. The van der Waals surface area contributed by atoms with Crippen LogP contribution in [0.1, 0.15) is 348 Å². The van der Waals surface area contributed by atoms with Crippen LogP contribution in [0.15, 0.2) is 72.9 Å². The fourth-order valence-electron chi connectivity index (χ4n) is 10.6. The lowest BCUT2D eigenvalue weighted by Gasteiger charge is -2.28. The summed E-state index contributed by atoms with van der Waals surface area (Å²) in [5.74, 6) is -0.816. The molecule has 0 fully saturated rings. The monoisotopic (exact) mass is 1230 g/mol. The number of carbonyl (C=O) groups is 2. The molecule has 0 rings (SSSR count). The summed E-state index contributed by atoms with van der Waals surface area (Å²) in [6.07, 6.45) is 90.0. The average Bonchev–Trinajstić information content (AvgIpc) is 3.56. The van der Waals surface area contributed by atoms with Crippen molar-refractivity contribution in [1.29, 1.82) is 0 Å². The zero-order chi connectivity index (χ0) is 62.6. The van der Waals surface area contributed by atoms with E-state index in [9.17, 15) is 19.0 Å². The normalized spacial score (nSPS) is 13.5. The van der Waals surface area contributed by atoms with E-state index in [4.69, 9.17) is 18.5 Å². The first-order valence-corrected chi connectivity index (χ1v) is 38.1. The highest BCUT2D eigenvalue weighted by Gasteiger charge is 2.22. The van der Waals surface area contributed by atoms with Gasteiger partial charge in [0.2, 0.25) is 0 Å². The molecule has 0 saturated carbocycles. The van der Waals surface area contributed by atoms with Crippen LogP contribution in [-0.4, -0.2) is 70.0 Å². The van der Waals surface area contributed by atoms with Gasteiger partial charge in [-0.25, -0.2) is 0 Å². The number of rotatable bonds is 68. The van der Waals surface area contributed by atoms with Crippen molar-refractivity contribution < 1.29 is 42.1 Å². The van der Waals surface area contributed by atoms with Crippen molar-refractivity contribution in [3.63, 3.8) is 0 Å². The fourth-order valence-corrected chi connectivity index (χ4v) is 11.4. The number of hydrogen-bond acceptors (Lipinski definition) is 8. The SMILES string of the molecule is CC/C=C\C/C=C\C/C=C\C/C=C\CCCCCCCCCCCCCCCCCCCCCCCCC(=O)OC(COC(=O)CCCCCCCCCCCCCCCCC/C=C\C/C=C\CCCCCCC)COP(=O)([O-])OCC[N+](C)(C)C. The molecule has 502 valence electrons. The van der Waals surface area contributed by atoms with E-state index in [0.717, 1.165) is 64.2 Å². The summed E-state index contributed by atoms with van der Waals surface area (Å²) in [4.78, 5) is 38.1. The quantitative estimate of drug-likeness (QED) is 0.0195. The van der Waals surface area contributed by atoms with Gasteiger partial charge in [0.05, 0.1) is 27.7 Å². The molecule has 0 bridgehead atoms. The van der Waals surface area contributed by atoms with Crippen molar-refractivity contribution in [3.05, 3.63) is 72.9 Å². The van der Waals surface area contributed by atoms with E-state index in [-0.39, 0.29) is 32.0 Å². The molecule has 2 atom stereocenters. The second-order valence-corrected chi connectivity index (χ2v) is 27.3. The summed E-state index contributed by atoms with van der Waals surface area (Å²) in [5.41, 5.74) is 0. The molecule has 9 nitrogen and oxygen atoms in total. The first kappa shape index (κ1) is 83.5. The highest BCUT2D eigenvalue weighted by Crippen LogP contribution is 2.38. The van der Waals surface area contributed by atoms with Crippen LogP contribution in [0.4, 0.5) is 0 Å². The molecule has 0 radical (unpaired) electrons. The van der Waals surface area contributed by atoms with Gasteiger partial charge in [-0.3, -0.25) is 14.2 Å². The number of esters is 2. The maximum Gasteiger partial charge on any atom is 0.306 e. The van der Waals surface area contributed by atoms with Crippen LogP contribution in [0.2, 0.25) is 0 Å². The third-order valence-corrected chi connectivity index (χ3v) is 17.2. The molecule has 0 aliphatic heterocycles. The van der Waals surface area contributed by atoms with Crippen LogP contribution < -0.4 is 4.89 Å². The maximum atomic E-state index is 12.9. The van der Waals surface area contributed by atoms with E-state index < -0.39 is 26.5 Å². The molecule has 2 unspecified atom stereocenters. The molecule has 10 heteroatoms. The molecule has 86 heavy (non-hydrogen) atoms. The Kier molecular flexibility index (Phi) is 64.9. The van der Waals surface area contributed by atoms with Crippen molar-refractivity contribution in [2.24, 2.45) is 0 Å². The molecule has 0 saturated heterocycles. The Morgan fingerprint density at radius 2 is 0.663 bits per heavy atom. The number of quaternary nitrogens is 1. The van der Waals surface area contributed by atoms with E-state index in [1.54, 1.807) is 0 Å². The zero-order valence-corrected chi connectivity index (χ0v) is 58.2. The zero-order valence-electron chi connectivity index (χ0n) is 57.3. The third kappa shape index (κ3) is 70.5. The predicted octanol–water partition coefficient (Wildman–Crippen LogP) is 23.3. The lowest BCUT2D eigenvalue weighted by molar-refractivity contribution is -0.870. The van der Waals surface area contributed by atoms with Crippen molar-refractivity contribution in [3.8, 4) is 0 Å². The van der Waals surface area contributed by atoms with E-state index >= 15 is 0 Å². The van der Waals surface area contributed by atoms with E-state index in [1.807, 2.05) is 21.1 Å². The maximum absolute atomic E-state index is 12.9. The van der Waals surface area contributed by atoms with Gasteiger partial charge in [-0.1, -0.05) is 324 Å². The molecule has 0 spiro atoms. The van der Waals surface area contributed by atoms with Gasteiger partial charge >= 0.3 is 11.9 Å². The first-order chi connectivity index (χ1) is 42.0. The van der Waals surface area contributed by atoms with E-state index in [1.165, 1.54) is 250 Å². The molecule has 0 heterocycles. The van der Waals surface area contributed by atoms with Crippen molar-refractivity contribution in [1.82, 2.24) is 0 Å². The number of hydrogen-bond donors (Lipinski definition) is 0. The Balaban J connectivity index is 3.97. The number of phosphoric ester groups is 1. The average molecular weight is 1230 g/mol. The van der Waals surface area contributed by atoms with Gasteiger partial charge in [0.15, 0.2) is 6.10 Å². The van der Waals surface area contributed by atoms with Crippen LogP contribution in [0.5, 0.6) is 0 Å². The molecule has 0 aromatic heterocycles.